The minimum atomic E-state index is -0.190. The smallest absolute Gasteiger partial charge is 0.207 e. The van der Waals surface area contributed by atoms with Crippen LogP contribution in [0.5, 0.6) is 0 Å². The summed E-state index contributed by atoms with van der Waals surface area (Å²) in [5.41, 5.74) is 0. The maximum Gasteiger partial charge on any atom is 0.207 e. The lowest BCUT2D eigenvalue weighted by Gasteiger charge is -2.20. The normalized spacial score (nSPS) is 24.5. The van der Waals surface area contributed by atoms with E-state index in [2.05, 4.69) is 5.32 Å². The van der Waals surface area contributed by atoms with Crippen LogP contribution in [0.15, 0.2) is 24.1 Å². The highest BCUT2D eigenvalue weighted by molar-refractivity contribution is 5.46. The van der Waals surface area contributed by atoms with Crippen molar-refractivity contribution in [2.75, 3.05) is 0 Å². The van der Waals surface area contributed by atoms with E-state index in [9.17, 15) is 9.18 Å². The van der Waals surface area contributed by atoms with E-state index in [1.807, 2.05) is 6.92 Å². The summed E-state index contributed by atoms with van der Waals surface area (Å²) >= 11 is 0. The highest BCUT2D eigenvalue weighted by Gasteiger charge is 2.14. The van der Waals surface area contributed by atoms with Gasteiger partial charge < -0.3 is 5.32 Å². The monoisotopic (exact) mass is 169 g/mol. The summed E-state index contributed by atoms with van der Waals surface area (Å²) in [4.78, 5) is 10.1. The van der Waals surface area contributed by atoms with Crippen molar-refractivity contribution in [2.24, 2.45) is 5.92 Å². The van der Waals surface area contributed by atoms with Crippen LogP contribution in [0.25, 0.3) is 0 Å². The Morgan fingerprint density at radius 1 is 1.83 bits per heavy atom. The molecule has 1 rings (SSSR count). The van der Waals surface area contributed by atoms with Crippen molar-refractivity contribution in [3.8, 4) is 0 Å². The number of amides is 1. The van der Waals surface area contributed by atoms with Gasteiger partial charge in [0.05, 0.1) is 0 Å². The molecule has 0 saturated carbocycles. The molecule has 1 amide bonds. The molecule has 0 saturated heterocycles. The molecular weight excluding hydrogens is 157 g/mol. The number of hydrogen-bond donors (Lipinski definition) is 1. The summed E-state index contributed by atoms with van der Waals surface area (Å²) in [5, 5.41) is 2.65. The van der Waals surface area contributed by atoms with Crippen molar-refractivity contribution >= 4 is 6.41 Å². The number of carbonyl (C=O) groups is 1. The van der Waals surface area contributed by atoms with E-state index in [0.717, 1.165) is 0 Å². The van der Waals surface area contributed by atoms with Crippen LogP contribution in [0.1, 0.15) is 13.3 Å². The van der Waals surface area contributed by atoms with Gasteiger partial charge in [-0.1, -0.05) is 6.08 Å². The van der Waals surface area contributed by atoms with Gasteiger partial charge in [0.1, 0.15) is 5.83 Å². The van der Waals surface area contributed by atoms with E-state index in [1.165, 1.54) is 12.2 Å². The topological polar surface area (TPSA) is 29.1 Å². The number of allylic oxidation sites excluding steroid dienone is 3. The Kier molecular flexibility index (Phi) is 3.02. The lowest BCUT2D eigenvalue weighted by Crippen LogP contribution is -2.31. The van der Waals surface area contributed by atoms with E-state index in [1.54, 1.807) is 6.08 Å². The molecule has 0 bridgehead atoms. The van der Waals surface area contributed by atoms with Crippen LogP contribution in [0.2, 0.25) is 0 Å². The maximum atomic E-state index is 12.5. The SMILES string of the molecule is C[C@@H](NC=O)C1C=CC(F)=CC1. The fraction of sp³-hybridized carbons (Fsp3) is 0.444. The number of nitrogens with one attached hydrogen (secondary N) is 1. The van der Waals surface area contributed by atoms with Crippen molar-refractivity contribution in [3.05, 3.63) is 24.1 Å². The quantitative estimate of drug-likeness (QED) is 0.638. The molecule has 0 heterocycles. The molecule has 0 radical (unpaired) electrons. The van der Waals surface area contributed by atoms with E-state index in [0.29, 0.717) is 12.8 Å². The fourth-order valence-corrected chi connectivity index (χ4v) is 1.21. The Morgan fingerprint density at radius 3 is 3.08 bits per heavy atom. The minimum absolute atomic E-state index is 0.0723. The largest absolute Gasteiger partial charge is 0.356 e. The molecule has 0 aromatic carbocycles. The first-order chi connectivity index (χ1) is 5.74. The molecule has 1 aliphatic rings. The lowest BCUT2D eigenvalue weighted by atomic mass is 9.94. The van der Waals surface area contributed by atoms with Gasteiger partial charge in [-0.15, -0.1) is 0 Å². The van der Waals surface area contributed by atoms with Crippen LogP contribution in [0, 0.1) is 5.92 Å². The van der Waals surface area contributed by atoms with Crippen molar-refractivity contribution in [1.82, 2.24) is 5.32 Å². The number of hydrogen-bond acceptors (Lipinski definition) is 1. The zero-order valence-corrected chi connectivity index (χ0v) is 6.96. The van der Waals surface area contributed by atoms with Gasteiger partial charge in [0.25, 0.3) is 0 Å². The minimum Gasteiger partial charge on any atom is -0.356 e. The van der Waals surface area contributed by atoms with E-state index in [-0.39, 0.29) is 17.8 Å². The zero-order chi connectivity index (χ0) is 8.97. The van der Waals surface area contributed by atoms with Gasteiger partial charge in [0.2, 0.25) is 6.41 Å². The molecule has 3 heteroatoms. The van der Waals surface area contributed by atoms with Crippen LogP contribution in [-0.4, -0.2) is 12.5 Å². The van der Waals surface area contributed by atoms with Crippen LogP contribution in [-0.2, 0) is 4.79 Å². The fourth-order valence-electron chi connectivity index (χ4n) is 1.21. The first kappa shape index (κ1) is 8.97. The van der Waals surface area contributed by atoms with Crippen LogP contribution in [0.3, 0.4) is 0 Å². The van der Waals surface area contributed by atoms with Gasteiger partial charge in [-0.3, -0.25) is 4.79 Å². The molecular formula is C9H12FNO. The lowest BCUT2D eigenvalue weighted by molar-refractivity contribution is -0.110. The summed E-state index contributed by atoms with van der Waals surface area (Å²) in [7, 11) is 0. The Labute approximate surface area is 71.2 Å². The number of rotatable bonds is 3. The average molecular weight is 169 g/mol. The average Bonchev–Trinajstić information content (AvgIpc) is 2.06. The zero-order valence-electron chi connectivity index (χ0n) is 6.96. The molecule has 0 aliphatic heterocycles. The first-order valence-corrected chi connectivity index (χ1v) is 3.97. The Balaban J connectivity index is 2.46. The molecule has 0 spiro atoms. The molecule has 2 atom stereocenters. The highest BCUT2D eigenvalue weighted by Crippen LogP contribution is 2.19. The van der Waals surface area contributed by atoms with Gasteiger partial charge in [0.15, 0.2) is 0 Å². The van der Waals surface area contributed by atoms with Gasteiger partial charge in [0, 0.05) is 12.0 Å². The van der Waals surface area contributed by atoms with Crippen LogP contribution in [0.4, 0.5) is 4.39 Å². The van der Waals surface area contributed by atoms with Crippen molar-refractivity contribution < 1.29 is 9.18 Å². The Hall–Kier alpha value is -1.12. The van der Waals surface area contributed by atoms with E-state index in [4.69, 9.17) is 0 Å². The van der Waals surface area contributed by atoms with E-state index < -0.39 is 0 Å². The highest BCUT2D eigenvalue weighted by atomic mass is 19.1. The summed E-state index contributed by atoms with van der Waals surface area (Å²) < 4.78 is 12.5. The molecule has 0 fully saturated rings. The third kappa shape index (κ3) is 2.19. The molecule has 12 heavy (non-hydrogen) atoms. The summed E-state index contributed by atoms with van der Waals surface area (Å²) in [6, 6.07) is 0.0723. The second-order valence-electron chi connectivity index (χ2n) is 2.92. The maximum absolute atomic E-state index is 12.5. The van der Waals surface area contributed by atoms with Gasteiger partial charge in [-0.25, -0.2) is 4.39 Å². The van der Waals surface area contributed by atoms with Crippen molar-refractivity contribution in [1.29, 1.82) is 0 Å². The predicted octanol–water partition coefficient (Wildman–Crippen LogP) is 1.55. The molecule has 66 valence electrons. The molecule has 1 N–H and O–H groups in total. The molecule has 1 aliphatic carbocycles. The third-order valence-electron chi connectivity index (χ3n) is 2.06. The number of halogens is 1. The standard InChI is InChI=1S/C9H12FNO/c1-7(11-6-12)8-2-4-9(10)5-3-8/h2,4-8H,3H2,1H3,(H,11,12)/t7-,8?/m1/s1. The predicted molar refractivity (Wildman–Crippen MR) is 45.1 cm³/mol. The summed E-state index contributed by atoms with van der Waals surface area (Å²) in [5.74, 6) is 0.0271. The second kappa shape index (κ2) is 4.04. The Morgan fingerprint density at radius 2 is 2.58 bits per heavy atom. The Bertz CT molecular complexity index is 223. The van der Waals surface area contributed by atoms with E-state index >= 15 is 0 Å². The molecule has 0 aromatic rings. The summed E-state index contributed by atoms with van der Waals surface area (Å²) in [6.45, 7) is 1.90. The van der Waals surface area contributed by atoms with Crippen molar-refractivity contribution in [3.63, 3.8) is 0 Å². The van der Waals surface area contributed by atoms with Gasteiger partial charge in [-0.05, 0) is 25.5 Å². The van der Waals surface area contributed by atoms with Crippen LogP contribution < -0.4 is 5.32 Å². The van der Waals surface area contributed by atoms with Crippen LogP contribution >= 0.6 is 0 Å². The molecule has 2 nitrogen and oxygen atoms in total. The van der Waals surface area contributed by atoms with Gasteiger partial charge >= 0.3 is 0 Å². The first-order valence-electron chi connectivity index (χ1n) is 3.97. The molecule has 0 aromatic heterocycles. The second-order valence-corrected chi connectivity index (χ2v) is 2.92. The summed E-state index contributed by atoms with van der Waals surface area (Å²) in [6.07, 6.45) is 6.10. The number of carbonyl (C=O) groups excluding carboxylic acids is 1. The van der Waals surface area contributed by atoms with Crippen molar-refractivity contribution in [2.45, 2.75) is 19.4 Å². The van der Waals surface area contributed by atoms with Gasteiger partial charge in [-0.2, -0.15) is 0 Å². The molecule has 1 unspecified atom stereocenters. The third-order valence-corrected chi connectivity index (χ3v) is 2.06.